The highest BCUT2D eigenvalue weighted by molar-refractivity contribution is 9.10. The van der Waals surface area contributed by atoms with Crippen LogP contribution in [0.15, 0.2) is 41.1 Å². The molecule has 0 radical (unpaired) electrons. The number of nitrogens with zero attached hydrogens (tertiary/aromatic N) is 1. The molecule has 0 saturated heterocycles. The molecule has 0 aliphatic carbocycles. The normalized spacial score (nSPS) is 12.4. The molecule has 2 aromatic rings. The van der Waals surface area contributed by atoms with Crippen molar-refractivity contribution in [1.29, 1.82) is 0 Å². The number of pyridine rings is 1. The Hall–Kier alpha value is -1.33. The van der Waals surface area contributed by atoms with E-state index in [9.17, 15) is 8.78 Å². The molecule has 1 N–H and O–H groups in total. The predicted molar refractivity (Wildman–Crippen MR) is 69.2 cm³/mol. The molecule has 0 fully saturated rings. The van der Waals surface area contributed by atoms with E-state index in [0.717, 1.165) is 11.8 Å². The van der Waals surface area contributed by atoms with Crippen molar-refractivity contribution in [2.75, 3.05) is 7.05 Å². The Balaban J connectivity index is 2.49. The van der Waals surface area contributed by atoms with Crippen LogP contribution in [0.4, 0.5) is 8.78 Å². The summed E-state index contributed by atoms with van der Waals surface area (Å²) in [5, 5.41) is 3.02. The molecule has 2 rings (SSSR count). The molecule has 1 heterocycles. The van der Waals surface area contributed by atoms with Crippen LogP contribution in [0.5, 0.6) is 0 Å². The van der Waals surface area contributed by atoms with Crippen molar-refractivity contribution in [2.24, 2.45) is 0 Å². The average Bonchev–Trinajstić information content (AvgIpc) is 2.34. The maximum atomic E-state index is 13.7. The fraction of sp³-hybridized carbons (Fsp3) is 0.154. The van der Waals surface area contributed by atoms with Gasteiger partial charge in [-0.2, -0.15) is 0 Å². The molecule has 1 atom stereocenters. The van der Waals surface area contributed by atoms with Gasteiger partial charge in [-0.15, -0.1) is 0 Å². The molecule has 18 heavy (non-hydrogen) atoms. The lowest BCUT2D eigenvalue weighted by molar-refractivity contribution is 0.568. The van der Waals surface area contributed by atoms with Crippen molar-refractivity contribution in [1.82, 2.24) is 10.3 Å². The standard InChI is InChI=1S/C13H11BrF2N2/c1-17-13(10-4-5-18-7-12(10)16)9-3-2-8(15)6-11(9)14/h2-7,13,17H,1H3. The highest BCUT2D eigenvalue weighted by Crippen LogP contribution is 2.29. The summed E-state index contributed by atoms with van der Waals surface area (Å²) in [5.74, 6) is -0.733. The first kappa shape index (κ1) is 13.1. The Morgan fingerprint density at radius 2 is 2.00 bits per heavy atom. The van der Waals surface area contributed by atoms with Crippen LogP contribution < -0.4 is 5.32 Å². The first-order chi connectivity index (χ1) is 8.63. The lowest BCUT2D eigenvalue weighted by Gasteiger charge is -2.19. The van der Waals surface area contributed by atoms with Gasteiger partial charge >= 0.3 is 0 Å². The van der Waals surface area contributed by atoms with E-state index >= 15 is 0 Å². The number of halogens is 3. The molecule has 0 bridgehead atoms. The van der Waals surface area contributed by atoms with Crippen LogP contribution in [-0.4, -0.2) is 12.0 Å². The maximum Gasteiger partial charge on any atom is 0.146 e. The molecule has 0 aliphatic rings. The molecule has 1 aromatic heterocycles. The number of hydrogen-bond acceptors (Lipinski definition) is 2. The molecule has 0 amide bonds. The summed E-state index contributed by atoms with van der Waals surface area (Å²) in [5.41, 5.74) is 1.24. The molecular weight excluding hydrogens is 302 g/mol. The Kier molecular flexibility index (Phi) is 4.04. The zero-order valence-electron chi connectivity index (χ0n) is 9.62. The van der Waals surface area contributed by atoms with E-state index in [4.69, 9.17) is 0 Å². The number of hydrogen-bond donors (Lipinski definition) is 1. The van der Waals surface area contributed by atoms with Gasteiger partial charge in [0.1, 0.15) is 11.6 Å². The Bertz CT molecular complexity index is 560. The molecule has 2 nitrogen and oxygen atoms in total. The minimum Gasteiger partial charge on any atom is -0.309 e. The van der Waals surface area contributed by atoms with Gasteiger partial charge in [-0.05, 0) is 30.8 Å². The Morgan fingerprint density at radius 3 is 2.61 bits per heavy atom. The second-order valence-electron chi connectivity index (χ2n) is 3.78. The second-order valence-corrected chi connectivity index (χ2v) is 4.64. The summed E-state index contributed by atoms with van der Waals surface area (Å²) in [6.45, 7) is 0. The van der Waals surface area contributed by atoms with E-state index in [2.05, 4.69) is 26.2 Å². The molecule has 0 spiro atoms. The van der Waals surface area contributed by atoms with Gasteiger partial charge in [0.15, 0.2) is 0 Å². The fourth-order valence-corrected chi connectivity index (χ4v) is 2.41. The van der Waals surface area contributed by atoms with E-state index in [1.807, 2.05) is 0 Å². The van der Waals surface area contributed by atoms with Gasteiger partial charge < -0.3 is 5.32 Å². The highest BCUT2D eigenvalue weighted by Gasteiger charge is 2.18. The summed E-state index contributed by atoms with van der Waals surface area (Å²) in [6.07, 6.45) is 2.69. The number of benzene rings is 1. The molecule has 0 aliphatic heterocycles. The van der Waals surface area contributed by atoms with Crippen LogP contribution >= 0.6 is 15.9 Å². The molecule has 5 heteroatoms. The summed E-state index contributed by atoms with van der Waals surface area (Å²) in [6, 6.07) is 5.58. The van der Waals surface area contributed by atoms with Crippen molar-refractivity contribution < 1.29 is 8.78 Å². The van der Waals surface area contributed by atoms with Gasteiger partial charge in [0.25, 0.3) is 0 Å². The lowest BCUT2D eigenvalue weighted by atomic mass is 9.99. The number of rotatable bonds is 3. The SMILES string of the molecule is CNC(c1ccncc1F)c1ccc(F)cc1Br. The predicted octanol–water partition coefficient (Wildman–Crippen LogP) is 3.43. The quantitative estimate of drug-likeness (QED) is 0.939. The molecular formula is C13H11BrF2N2. The lowest BCUT2D eigenvalue weighted by Crippen LogP contribution is -2.19. The summed E-state index contributed by atoms with van der Waals surface area (Å²) >= 11 is 3.29. The fourth-order valence-electron chi connectivity index (χ4n) is 1.83. The molecule has 1 unspecified atom stereocenters. The van der Waals surface area contributed by atoms with Gasteiger partial charge in [0, 0.05) is 16.2 Å². The van der Waals surface area contributed by atoms with Crippen LogP contribution in [0, 0.1) is 11.6 Å². The summed E-state index contributed by atoms with van der Waals surface area (Å²) < 4.78 is 27.4. The molecule has 94 valence electrons. The number of aromatic nitrogens is 1. The third kappa shape index (κ3) is 2.57. The van der Waals surface area contributed by atoms with Crippen LogP contribution in [0.2, 0.25) is 0 Å². The second kappa shape index (κ2) is 5.54. The van der Waals surface area contributed by atoms with Gasteiger partial charge in [-0.3, -0.25) is 4.98 Å². The van der Waals surface area contributed by atoms with E-state index < -0.39 is 5.82 Å². The van der Waals surface area contributed by atoms with Crippen LogP contribution in [0.1, 0.15) is 17.2 Å². The number of nitrogens with one attached hydrogen (secondary N) is 1. The minimum atomic E-state index is -0.395. The van der Waals surface area contributed by atoms with Gasteiger partial charge in [0.2, 0.25) is 0 Å². The van der Waals surface area contributed by atoms with Crippen molar-refractivity contribution in [3.05, 3.63) is 63.9 Å². The third-order valence-corrected chi connectivity index (χ3v) is 3.36. The van der Waals surface area contributed by atoms with Crippen molar-refractivity contribution in [2.45, 2.75) is 6.04 Å². The zero-order chi connectivity index (χ0) is 13.1. The maximum absolute atomic E-state index is 13.7. The average molecular weight is 313 g/mol. The monoisotopic (exact) mass is 312 g/mol. The molecule has 1 aromatic carbocycles. The topological polar surface area (TPSA) is 24.9 Å². The Morgan fingerprint density at radius 1 is 1.22 bits per heavy atom. The van der Waals surface area contributed by atoms with E-state index in [0.29, 0.717) is 10.0 Å². The van der Waals surface area contributed by atoms with E-state index in [-0.39, 0.29) is 11.9 Å². The van der Waals surface area contributed by atoms with E-state index in [1.54, 1.807) is 19.2 Å². The third-order valence-electron chi connectivity index (χ3n) is 2.68. The first-order valence-corrected chi connectivity index (χ1v) is 6.14. The van der Waals surface area contributed by atoms with Crippen LogP contribution in [0.25, 0.3) is 0 Å². The largest absolute Gasteiger partial charge is 0.309 e. The van der Waals surface area contributed by atoms with Gasteiger partial charge in [0.05, 0.1) is 12.2 Å². The smallest absolute Gasteiger partial charge is 0.146 e. The zero-order valence-corrected chi connectivity index (χ0v) is 11.2. The van der Waals surface area contributed by atoms with Gasteiger partial charge in [-0.1, -0.05) is 22.0 Å². The highest BCUT2D eigenvalue weighted by atomic mass is 79.9. The van der Waals surface area contributed by atoms with Crippen molar-refractivity contribution >= 4 is 15.9 Å². The first-order valence-electron chi connectivity index (χ1n) is 5.35. The van der Waals surface area contributed by atoms with Crippen LogP contribution in [0.3, 0.4) is 0 Å². The van der Waals surface area contributed by atoms with E-state index in [1.165, 1.54) is 18.3 Å². The minimum absolute atomic E-state index is 0.337. The van der Waals surface area contributed by atoms with Crippen LogP contribution in [-0.2, 0) is 0 Å². The Labute approximate surface area is 112 Å². The van der Waals surface area contributed by atoms with Crippen molar-refractivity contribution in [3.8, 4) is 0 Å². The summed E-state index contributed by atoms with van der Waals surface area (Å²) in [4.78, 5) is 3.72. The molecule has 0 saturated carbocycles. The van der Waals surface area contributed by atoms with Crippen molar-refractivity contribution in [3.63, 3.8) is 0 Å². The summed E-state index contributed by atoms with van der Waals surface area (Å²) in [7, 11) is 1.72. The van der Waals surface area contributed by atoms with Gasteiger partial charge in [-0.25, -0.2) is 8.78 Å².